The van der Waals surface area contributed by atoms with E-state index in [4.69, 9.17) is 14.2 Å². The second kappa shape index (κ2) is 6.16. The van der Waals surface area contributed by atoms with Crippen LogP contribution < -0.4 is 14.2 Å². The minimum Gasteiger partial charge on any atom is -0.508 e. The molecule has 5 nitrogen and oxygen atoms in total. The van der Waals surface area contributed by atoms with Gasteiger partial charge in [0, 0.05) is 23.3 Å². The molecule has 0 aliphatic carbocycles. The third kappa shape index (κ3) is 2.55. The number of phenolic OH excluding ortho intramolecular Hbond substituents is 2. The first-order chi connectivity index (χ1) is 12.5. The van der Waals surface area contributed by atoms with E-state index >= 15 is 0 Å². The number of hydrogen-bond acceptors (Lipinski definition) is 5. The maximum absolute atomic E-state index is 10.5. The van der Waals surface area contributed by atoms with Gasteiger partial charge in [-0.15, -0.1) is 0 Å². The van der Waals surface area contributed by atoms with Gasteiger partial charge in [0.2, 0.25) is 0 Å². The Labute approximate surface area is 152 Å². The molecule has 2 aliphatic rings. The number of aromatic hydroxyl groups is 2. The summed E-state index contributed by atoms with van der Waals surface area (Å²) < 4.78 is 17.8. The van der Waals surface area contributed by atoms with Gasteiger partial charge >= 0.3 is 0 Å². The molecule has 2 N–H and O–H groups in total. The van der Waals surface area contributed by atoms with Crippen LogP contribution in [0, 0.1) is 0 Å². The van der Waals surface area contributed by atoms with E-state index in [-0.39, 0.29) is 23.5 Å². The number of ether oxygens (including phenoxy) is 3. The molecule has 0 bridgehead atoms. The van der Waals surface area contributed by atoms with Crippen LogP contribution in [0.4, 0.5) is 0 Å². The molecule has 136 valence electrons. The fourth-order valence-corrected chi connectivity index (χ4v) is 3.74. The molecule has 4 rings (SSSR count). The van der Waals surface area contributed by atoms with Crippen LogP contribution in [0.2, 0.25) is 0 Å². The quantitative estimate of drug-likeness (QED) is 0.808. The standard InChI is InChI=1S/C21H22O5/c1-11(2)4-6-14-16(23)9-18-19(20(14)24-3)21-15(10-25-18)13-7-5-12(22)8-17(13)26-21/h4-5,7-9,15,21-23H,6,10H2,1-3H3/t15-,21+/m1/s1. The molecule has 0 amide bonds. The van der Waals surface area contributed by atoms with Crippen LogP contribution >= 0.6 is 0 Å². The van der Waals surface area contributed by atoms with Gasteiger partial charge in [-0.2, -0.15) is 0 Å². The van der Waals surface area contributed by atoms with Gasteiger partial charge in [-0.25, -0.2) is 0 Å². The fourth-order valence-electron chi connectivity index (χ4n) is 3.74. The highest BCUT2D eigenvalue weighted by atomic mass is 16.5. The van der Waals surface area contributed by atoms with Crippen LogP contribution in [0.25, 0.3) is 0 Å². The maximum atomic E-state index is 10.5. The van der Waals surface area contributed by atoms with Crippen LogP contribution in [0.3, 0.4) is 0 Å². The second-order valence-electron chi connectivity index (χ2n) is 6.98. The molecule has 26 heavy (non-hydrogen) atoms. The van der Waals surface area contributed by atoms with E-state index in [0.29, 0.717) is 30.3 Å². The highest BCUT2D eigenvalue weighted by Gasteiger charge is 2.43. The summed E-state index contributed by atoms with van der Waals surface area (Å²) in [6.07, 6.45) is 2.35. The van der Waals surface area contributed by atoms with Crippen molar-refractivity contribution < 1.29 is 24.4 Å². The first kappa shape index (κ1) is 16.6. The summed E-state index contributed by atoms with van der Waals surface area (Å²) in [5.74, 6) is 2.20. The first-order valence-electron chi connectivity index (χ1n) is 8.68. The van der Waals surface area contributed by atoms with E-state index in [1.165, 1.54) is 5.57 Å². The molecule has 0 aromatic heterocycles. The van der Waals surface area contributed by atoms with Gasteiger partial charge in [-0.1, -0.05) is 17.7 Å². The summed E-state index contributed by atoms with van der Waals surface area (Å²) in [6, 6.07) is 6.81. The Kier molecular flexibility index (Phi) is 3.94. The number of hydrogen-bond donors (Lipinski definition) is 2. The minimum absolute atomic E-state index is 0.0212. The van der Waals surface area contributed by atoms with Crippen LogP contribution in [0.5, 0.6) is 28.7 Å². The van der Waals surface area contributed by atoms with Crippen LogP contribution in [-0.2, 0) is 6.42 Å². The molecule has 2 aromatic rings. The monoisotopic (exact) mass is 354 g/mol. The lowest BCUT2D eigenvalue weighted by Gasteiger charge is -2.30. The molecule has 2 aromatic carbocycles. The van der Waals surface area contributed by atoms with Crippen molar-refractivity contribution in [2.75, 3.05) is 13.7 Å². The van der Waals surface area contributed by atoms with Crippen molar-refractivity contribution in [2.45, 2.75) is 32.3 Å². The smallest absolute Gasteiger partial charge is 0.141 e. The average Bonchev–Trinajstić information content (AvgIpc) is 2.96. The molecule has 0 radical (unpaired) electrons. The van der Waals surface area contributed by atoms with E-state index in [2.05, 4.69) is 0 Å². The normalized spacial score (nSPS) is 19.5. The third-order valence-electron chi connectivity index (χ3n) is 5.00. The molecule has 2 atom stereocenters. The molecular formula is C21H22O5. The molecular weight excluding hydrogens is 332 g/mol. The van der Waals surface area contributed by atoms with E-state index in [1.54, 1.807) is 25.3 Å². The van der Waals surface area contributed by atoms with Crippen molar-refractivity contribution in [3.63, 3.8) is 0 Å². The lowest BCUT2D eigenvalue weighted by molar-refractivity contribution is 0.135. The van der Waals surface area contributed by atoms with Gasteiger partial charge in [0.15, 0.2) is 0 Å². The second-order valence-corrected chi connectivity index (χ2v) is 6.98. The summed E-state index contributed by atoms with van der Waals surface area (Å²) in [5.41, 5.74) is 3.71. The van der Waals surface area contributed by atoms with Gasteiger partial charge in [-0.3, -0.25) is 0 Å². The summed E-state index contributed by atoms with van der Waals surface area (Å²) in [5, 5.41) is 20.2. The van der Waals surface area contributed by atoms with E-state index in [9.17, 15) is 10.2 Å². The number of benzene rings is 2. The Morgan fingerprint density at radius 1 is 1.23 bits per heavy atom. The van der Waals surface area contributed by atoms with E-state index in [0.717, 1.165) is 16.7 Å². The number of phenols is 2. The van der Waals surface area contributed by atoms with Gasteiger partial charge < -0.3 is 24.4 Å². The van der Waals surface area contributed by atoms with Gasteiger partial charge in [0.1, 0.15) is 34.9 Å². The predicted molar refractivity (Wildman–Crippen MR) is 97.5 cm³/mol. The summed E-state index contributed by atoms with van der Waals surface area (Å²) >= 11 is 0. The Hall–Kier alpha value is -2.82. The molecule has 2 aliphatic heterocycles. The summed E-state index contributed by atoms with van der Waals surface area (Å²) in [7, 11) is 1.60. The van der Waals surface area contributed by atoms with Gasteiger partial charge in [-0.05, 0) is 26.3 Å². The Morgan fingerprint density at radius 3 is 2.77 bits per heavy atom. The van der Waals surface area contributed by atoms with Crippen molar-refractivity contribution in [1.82, 2.24) is 0 Å². The molecule has 2 heterocycles. The largest absolute Gasteiger partial charge is 0.508 e. The summed E-state index contributed by atoms with van der Waals surface area (Å²) in [4.78, 5) is 0. The molecule has 0 unspecified atom stereocenters. The van der Waals surface area contributed by atoms with Crippen LogP contribution in [-0.4, -0.2) is 23.9 Å². The fraction of sp³-hybridized carbons (Fsp3) is 0.333. The molecule has 0 saturated carbocycles. The highest BCUT2D eigenvalue weighted by molar-refractivity contribution is 5.62. The lowest BCUT2D eigenvalue weighted by atomic mass is 9.87. The lowest BCUT2D eigenvalue weighted by Crippen LogP contribution is -2.24. The first-order valence-corrected chi connectivity index (χ1v) is 8.68. The Morgan fingerprint density at radius 2 is 2.04 bits per heavy atom. The predicted octanol–water partition coefficient (Wildman–Crippen LogP) is 4.22. The number of fused-ring (bicyclic) bond motifs is 5. The topological polar surface area (TPSA) is 68.2 Å². The van der Waals surface area contributed by atoms with E-state index < -0.39 is 0 Å². The Balaban J connectivity index is 1.83. The molecule has 0 saturated heterocycles. The van der Waals surface area contributed by atoms with Crippen molar-refractivity contribution >= 4 is 0 Å². The highest BCUT2D eigenvalue weighted by Crippen LogP contribution is 2.56. The number of allylic oxidation sites excluding steroid dienone is 2. The zero-order valence-corrected chi connectivity index (χ0v) is 15.1. The van der Waals surface area contributed by atoms with Crippen molar-refractivity contribution in [1.29, 1.82) is 0 Å². The molecule has 0 fully saturated rings. The van der Waals surface area contributed by atoms with Gasteiger partial charge in [0.05, 0.1) is 25.2 Å². The van der Waals surface area contributed by atoms with Crippen LogP contribution in [0.15, 0.2) is 35.9 Å². The van der Waals surface area contributed by atoms with Crippen molar-refractivity contribution in [3.8, 4) is 28.7 Å². The molecule has 5 heteroatoms. The van der Waals surface area contributed by atoms with Crippen molar-refractivity contribution in [3.05, 3.63) is 52.6 Å². The zero-order chi connectivity index (χ0) is 18.4. The minimum atomic E-state index is -0.267. The van der Waals surface area contributed by atoms with Gasteiger partial charge in [0.25, 0.3) is 0 Å². The third-order valence-corrected chi connectivity index (χ3v) is 5.00. The van der Waals surface area contributed by atoms with E-state index in [1.807, 2.05) is 26.0 Å². The SMILES string of the molecule is COc1c(CC=C(C)C)c(O)cc2c1[C@H]1Oc3cc(O)ccc3[C@H]1CO2. The average molecular weight is 354 g/mol. The zero-order valence-electron chi connectivity index (χ0n) is 15.1. The number of methoxy groups -OCH3 is 1. The summed E-state index contributed by atoms with van der Waals surface area (Å²) in [6.45, 7) is 4.49. The molecule has 0 spiro atoms. The number of rotatable bonds is 3. The Bertz CT molecular complexity index is 896. The van der Waals surface area contributed by atoms with Crippen LogP contribution in [0.1, 0.15) is 42.6 Å². The van der Waals surface area contributed by atoms with Crippen molar-refractivity contribution in [2.24, 2.45) is 0 Å². The maximum Gasteiger partial charge on any atom is 0.141 e.